The molecule has 0 saturated heterocycles. The van der Waals surface area contributed by atoms with Gasteiger partial charge >= 0.3 is 0 Å². The third-order valence-corrected chi connectivity index (χ3v) is 13.7. The number of para-hydroxylation sites is 1. The highest BCUT2D eigenvalue weighted by Gasteiger charge is 2.17. The Bertz CT molecular complexity index is 4030. The van der Waals surface area contributed by atoms with Crippen molar-refractivity contribution in [2.24, 2.45) is 0 Å². The van der Waals surface area contributed by atoms with E-state index in [1.165, 1.54) is 27.1 Å². The molecule has 0 bridgehead atoms. The maximum atomic E-state index is 5.34. The summed E-state index contributed by atoms with van der Waals surface area (Å²) in [6, 6.07) is 94.4. The monoisotopic (exact) mass is 916 g/mol. The fourth-order valence-electron chi connectivity index (χ4n) is 9.99. The summed E-state index contributed by atoms with van der Waals surface area (Å²) >= 11 is 0. The van der Waals surface area contributed by atoms with E-state index in [4.69, 9.17) is 19.9 Å². The highest BCUT2D eigenvalue weighted by atomic mass is 15.0. The summed E-state index contributed by atoms with van der Waals surface area (Å²) in [7, 11) is 0. The van der Waals surface area contributed by atoms with Crippen molar-refractivity contribution in [3.05, 3.63) is 267 Å². The van der Waals surface area contributed by atoms with Crippen LogP contribution < -0.4 is 0 Å². The van der Waals surface area contributed by atoms with Gasteiger partial charge in [0.05, 0.1) is 11.2 Å². The van der Waals surface area contributed by atoms with Gasteiger partial charge in [-0.05, 0) is 126 Å². The van der Waals surface area contributed by atoms with Crippen LogP contribution in [0.3, 0.4) is 0 Å². The molecule has 4 nitrogen and oxygen atoms in total. The summed E-state index contributed by atoms with van der Waals surface area (Å²) in [5, 5.41) is 6.10. The predicted molar refractivity (Wildman–Crippen MR) is 299 cm³/mol. The molecule has 0 aliphatic heterocycles. The zero-order valence-corrected chi connectivity index (χ0v) is 39.2. The van der Waals surface area contributed by atoms with Gasteiger partial charge in [-0.2, -0.15) is 0 Å². The van der Waals surface area contributed by atoms with Crippen LogP contribution in [-0.2, 0) is 0 Å². The van der Waals surface area contributed by atoms with E-state index >= 15 is 0 Å². The first-order chi connectivity index (χ1) is 35.6. The summed E-state index contributed by atoms with van der Waals surface area (Å²) < 4.78 is 0. The van der Waals surface area contributed by atoms with Crippen LogP contribution in [0.4, 0.5) is 0 Å². The molecule has 0 amide bonds. The fraction of sp³-hybridized carbons (Fsp3) is 0. The van der Waals surface area contributed by atoms with E-state index in [9.17, 15) is 0 Å². The molecule has 0 spiro atoms. The van der Waals surface area contributed by atoms with Crippen molar-refractivity contribution in [1.82, 2.24) is 19.9 Å². The number of aromatic nitrogens is 4. The van der Waals surface area contributed by atoms with Gasteiger partial charge in [0, 0.05) is 27.6 Å². The fourth-order valence-corrected chi connectivity index (χ4v) is 9.99. The number of pyridine rings is 1. The number of fused-ring (bicyclic) bond motifs is 4. The minimum Gasteiger partial charge on any atom is -0.248 e. The molecule has 2 heterocycles. The van der Waals surface area contributed by atoms with Gasteiger partial charge in [0.15, 0.2) is 17.5 Å². The highest BCUT2D eigenvalue weighted by Crippen LogP contribution is 2.39. The van der Waals surface area contributed by atoms with E-state index < -0.39 is 0 Å². The van der Waals surface area contributed by atoms with E-state index in [-0.39, 0.29) is 0 Å². The summed E-state index contributed by atoms with van der Waals surface area (Å²) in [5.74, 6) is 1.79. The second-order valence-corrected chi connectivity index (χ2v) is 18.2. The van der Waals surface area contributed by atoms with E-state index in [0.29, 0.717) is 17.5 Å². The topological polar surface area (TPSA) is 51.6 Å². The minimum absolute atomic E-state index is 0.588. The van der Waals surface area contributed by atoms with Crippen LogP contribution in [0.2, 0.25) is 0 Å². The molecule has 13 rings (SSSR count). The van der Waals surface area contributed by atoms with Gasteiger partial charge in [-0.3, -0.25) is 0 Å². The summed E-state index contributed by atoms with van der Waals surface area (Å²) in [6.07, 6.45) is 0. The molecule has 4 heteroatoms. The van der Waals surface area contributed by atoms with Crippen molar-refractivity contribution in [2.45, 2.75) is 0 Å². The molecule has 0 radical (unpaired) electrons. The van der Waals surface area contributed by atoms with Gasteiger partial charge in [-0.25, -0.2) is 19.9 Å². The molecule has 336 valence electrons. The Morgan fingerprint density at radius 2 is 0.611 bits per heavy atom. The van der Waals surface area contributed by atoms with Crippen LogP contribution in [0.1, 0.15) is 0 Å². The third-order valence-electron chi connectivity index (χ3n) is 13.7. The largest absolute Gasteiger partial charge is 0.248 e. The van der Waals surface area contributed by atoms with Crippen LogP contribution in [0.15, 0.2) is 267 Å². The van der Waals surface area contributed by atoms with E-state index in [1.807, 2.05) is 24.3 Å². The maximum Gasteiger partial charge on any atom is 0.164 e. The van der Waals surface area contributed by atoms with Gasteiger partial charge < -0.3 is 0 Å². The number of nitrogens with zero attached hydrogens (tertiary/aromatic N) is 4. The van der Waals surface area contributed by atoms with E-state index in [1.54, 1.807) is 0 Å². The molecule has 0 N–H and O–H groups in total. The van der Waals surface area contributed by atoms with Crippen molar-refractivity contribution in [2.75, 3.05) is 0 Å². The number of rotatable bonds is 9. The molecule has 0 unspecified atom stereocenters. The van der Waals surface area contributed by atoms with E-state index in [2.05, 4.69) is 243 Å². The third kappa shape index (κ3) is 8.27. The SMILES string of the molecule is c1ccc(-c2cccc(-c3nc(-c4cccc(-c5ccccc5)c4)nc(-c4cc(-c5ccc(-c6ccc7ccccc7n6)cc5)cc(-c5ccc(-c6cc7ccccc7c7ccccc67)cc5)c4)n3)c2)cc1. The quantitative estimate of drug-likeness (QED) is 0.135. The van der Waals surface area contributed by atoms with Gasteiger partial charge in [0.2, 0.25) is 0 Å². The molecule has 0 atom stereocenters. The summed E-state index contributed by atoms with van der Waals surface area (Å²) in [4.78, 5) is 20.9. The first-order valence-corrected chi connectivity index (χ1v) is 24.3. The lowest BCUT2D eigenvalue weighted by Gasteiger charge is -2.14. The molecule has 72 heavy (non-hydrogen) atoms. The van der Waals surface area contributed by atoms with Crippen molar-refractivity contribution in [3.8, 4) is 101 Å². The Morgan fingerprint density at radius 1 is 0.194 bits per heavy atom. The lowest BCUT2D eigenvalue weighted by atomic mass is 9.91. The van der Waals surface area contributed by atoms with Crippen LogP contribution >= 0.6 is 0 Å². The first-order valence-electron chi connectivity index (χ1n) is 24.3. The molecule has 0 fully saturated rings. The summed E-state index contributed by atoms with van der Waals surface area (Å²) in [6.45, 7) is 0. The lowest BCUT2D eigenvalue weighted by Crippen LogP contribution is -2.01. The Kier molecular flexibility index (Phi) is 10.8. The molecule has 13 aromatic rings. The van der Waals surface area contributed by atoms with Crippen molar-refractivity contribution in [1.29, 1.82) is 0 Å². The smallest absolute Gasteiger partial charge is 0.164 e. The van der Waals surface area contributed by atoms with Gasteiger partial charge in [0.1, 0.15) is 0 Å². The molecule has 0 aliphatic rings. The predicted octanol–water partition coefficient (Wildman–Crippen LogP) is 17.7. The zero-order chi connectivity index (χ0) is 47.8. The summed E-state index contributed by atoms with van der Waals surface area (Å²) in [5.41, 5.74) is 16.8. The molecule has 0 saturated carbocycles. The molecule has 0 aliphatic carbocycles. The van der Waals surface area contributed by atoms with Crippen LogP contribution in [0.25, 0.3) is 134 Å². The van der Waals surface area contributed by atoms with Crippen LogP contribution in [-0.4, -0.2) is 19.9 Å². The number of benzene rings is 11. The van der Waals surface area contributed by atoms with Gasteiger partial charge in [-0.15, -0.1) is 0 Å². The second kappa shape index (κ2) is 18.4. The Hall–Kier alpha value is -9.64. The minimum atomic E-state index is 0.588. The molecule has 2 aromatic heterocycles. The Balaban J connectivity index is 0.968. The van der Waals surface area contributed by atoms with Crippen LogP contribution in [0.5, 0.6) is 0 Å². The normalized spacial score (nSPS) is 11.3. The van der Waals surface area contributed by atoms with Gasteiger partial charge in [0.25, 0.3) is 0 Å². The van der Waals surface area contributed by atoms with Crippen molar-refractivity contribution in [3.63, 3.8) is 0 Å². The van der Waals surface area contributed by atoms with Gasteiger partial charge in [-0.1, -0.05) is 218 Å². The van der Waals surface area contributed by atoms with E-state index in [0.717, 1.165) is 88.9 Å². The van der Waals surface area contributed by atoms with Crippen molar-refractivity contribution < 1.29 is 0 Å². The number of hydrogen-bond donors (Lipinski definition) is 0. The average molecular weight is 917 g/mol. The standard InChI is InChI=1S/C68H44N4/c1-3-15-45(16-4-1)52-21-13-23-55(39-52)66-70-67(56-24-14-22-53(40-56)46-17-5-2-6-18-46)72-68(71-66)59-42-57(41-58(43-59)48-31-35-51(36-32-48)65-38-37-50-19-8-12-28-64(50)69-65)47-29-33-49(34-30-47)63-44-54-20-7-9-25-60(54)61-26-10-11-27-62(61)63/h1-44H. The maximum absolute atomic E-state index is 5.34. The second-order valence-electron chi connectivity index (χ2n) is 18.2. The first kappa shape index (κ1) is 42.5. The molecule has 11 aromatic carbocycles. The van der Waals surface area contributed by atoms with Crippen LogP contribution in [0, 0.1) is 0 Å². The lowest BCUT2D eigenvalue weighted by molar-refractivity contribution is 1.07. The zero-order valence-electron chi connectivity index (χ0n) is 39.2. The molecular formula is C68H44N4. The number of hydrogen-bond acceptors (Lipinski definition) is 4. The Labute approximate surface area is 418 Å². The average Bonchev–Trinajstić information content (AvgIpc) is 3.47. The Morgan fingerprint density at radius 3 is 1.22 bits per heavy atom. The highest BCUT2D eigenvalue weighted by molar-refractivity contribution is 6.13. The van der Waals surface area contributed by atoms with Crippen molar-refractivity contribution >= 4 is 32.4 Å². The molecular weight excluding hydrogens is 873 g/mol.